The normalized spacial score (nSPS) is 17.9. The van der Waals surface area contributed by atoms with Gasteiger partial charge in [-0.25, -0.2) is 0 Å². The molecule has 1 amide bonds. The van der Waals surface area contributed by atoms with Crippen LogP contribution in [0.2, 0.25) is 0 Å². The largest absolute Gasteiger partial charge is 0.359 e. The summed E-state index contributed by atoms with van der Waals surface area (Å²) in [5, 5.41) is 9.79. The van der Waals surface area contributed by atoms with Crippen molar-refractivity contribution >= 4 is 5.91 Å². The first-order valence-corrected chi connectivity index (χ1v) is 5.57. The average molecular weight is 223 g/mol. The topological polar surface area (TPSA) is 67.2 Å². The number of amides is 1. The van der Waals surface area contributed by atoms with Crippen LogP contribution in [0, 0.1) is 18.8 Å². The van der Waals surface area contributed by atoms with Gasteiger partial charge in [0.2, 0.25) is 5.91 Å². The Balaban J connectivity index is 1.78. The van der Waals surface area contributed by atoms with Gasteiger partial charge in [-0.15, -0.1) is 0 Å². The zero-order chi connectivity index (χ0) is 11.5. The van der Waals surface area contributed by atoms with Crippen molar-refractivity contribution in [1.82, 2.24) is 15.8 Å². The van der Waals surface area contributed by atoms with Gasteiger partial charge < -0.3 is 15.2 Å². The Kier molecular flexibility index (Phi) is 3.24. The van der Waals surface area contributed by atoms with Gasteiger partial charge in [0.25, 0.3) is 0 Å². The summed E-state index contributed by atoms with van der Waals surface area (Å²) >= 11 is 0. The van der Waals surface area contributed by atoms with Gasteiger partial charge in [-0.1, -0.05) is 12.1 Å². The van der Waals surface area contributed by atoms with Crippen LogP contribution < -0.4 is 10.6 Å². The summed E-state index contributed by atoms with van der Waals surface area (Å²) in [4.78, 5) is 11.8. The number of aryl methyl sites for hydroxylation is 1. The van der Waals surface area contributed by atoms with Gasteiger partial charge in [-0.3, -0.25) is 4.79 Å². The molecule has 0 aliphatic carbocycles. The second-order valence-corrected chi connectivity index (χ2v) is 4.36. The maximum absolute atomic E-state index is 11.8. The van der Waals surface area contributed by atoms with Crippen LogP contribution in [0.1, 0.15) is 18.4 Å². The second-order valence-electron chi connectivity index (χ2n) is 4.36. The molecule has 2 heterocycles. The lowest BCUT2D eigenvalue weighted by Crippen LogP contribution is -2.49. The molecule has 1 fully saturated rings. The van der Waals surface area contributed by atoms with E-state index in [9.17, 15) is 4.79 Å². The Morgan fingerprint density at radius 1 is 1.75 bits per heavy atom. The van der Waals surface area contributed by atoms with Gasteiger partial charge in [0.05, 0.1) is 12.2 Å². The lowest BCUT2D eigenvalue weighted by molar-refractivity contribution is -0.126. The summed E-state index contributed by atoms with van der Waals surface area (Å²) in [6, 6.07) is 1.83. The van der Waals surface area contributed by atoms with Crippen molar-refractivity contribution in [2.75, 3.05) is 13.1 Å². The molecule has 16 heavy (non-hydrogen) atoms. The molecule has 1 aliphatic heterocycles. The van der Waals surface area contributed by atoms with Gasteiger partial charge in [0, 0.05) is 12.0 Å². The molecule has 0 bridgehead atoms. The molecule has 1 atom stereocenters. The quantitative estimate of drug-likeness (QED) is 0.778. The number of rotatable bonds is 4. The van der Waals surface area contributed by atoms with Crippen LogP contribution in [0.15, 0.2) is 10.6 Å². The first-order valence-electron chi connectivity index (χ1n) is 5.57. The molecule has 0 saturated carbocycles. The Bertz CT molecular complexity index is 371. The van der Waals surface area contributed by atoms with Crippen LogP contribution in [-0.4, -0.2) is 24.2 Å². The first-order chi connectivity index (χ1) is 7.66. The van der Waals surface area contributed by atoms with Crippen LogP contribution in [0.4, 0.5) is 0 Å². The molecule has 1 aliphatic rings. The fourth-order valence-corrected chi connectivity index (χ4v) is 1.71. The SMILES string of the molecule is Cc1cc(CNC(=O)C(C)C2CNC2)on1. The predicted octanol–water partition coefficient (Wildman–Crippen LogP) is 0.455. The molecular weight excluding hydrogens is 206 g/mol. The van der Waals surface area contributed by atoms with Crippen molar-refractivity contribution in [2.45, 2.75) is 20.4 Å². The van der Waals surface area contributed by atoms with Crippen LogP contribution >= 0.6 is 0 Å². The fraction of sp³-hybridized carbons (Fsp3) is 0.636. The minimum absolute atomic E-state index is 0.0604. The molecule has 1 unspecified atom stereocenters. The number of nitrogens with one attached hydrogen (secondary N) is 2. The van der Waals surface area contributed by atoms with E-state index in [2.05, 4.69) is 15.8 Å². The van der Waals surface area contributed by atoms with E-state index >= 15 is 0 Å². The maximum Gasteiger partial charge on any atom is 0.223 e. The Morgan fingerprint density at radius 2 is 2.50 bits per heavy atom. The highest BCUT2D eigenvalue weighted by atomic mass is 16.5. The molecule has 1 aromatic heterocycles. The molecule has 0 spiro atoms. The molecule has 2 rings (SSSR count). The van der Waals surface area contributed by atoms with Crippen LogP contribution in [0.5, 0.6) is 0 Å². The van der Waals surface area contributed by atoms with Crippen molar-refractivity contribution in [3.05, 3.63) is 17.5 Å². The third kappa shape index (κ3) is 2.41. The van der Waals surface area contributed by atoms with Crippen molar-refractivity contribution < 1.29 is 9.32 Å². The standard InChI is InChI=1S/C11H17N3O2/c1-7-3-10(16-14-7)6-13-11(15)8(2)9-4-12-5-9/h3,8-9,12H,4-6H2,1-2H3,(H,13,15). The lowest BCUT2D eigenvalue weighted by atomic mass is 9.88. The molecule has 5 nitrogen and oxygen atoms in total. The van der Waals surface area contributed by atoms with Gasteiger partial charge in [-0.2, -0.15) is 0 Å². The summed E-state index contributed by atoms with van der Waals surface area (Å²) < 4.78 is 5.02. The highest BCUT2D eigenvalue weighted by Gasteiger charge is 2.28. The molecule has 1 saturated heterocycles. The van der Waals surface area contributed by atoms with E-state index in [1.807, 2.05) is 19.9 Å². The van der Waals surface area contributed by atoms with Crippen LogP contribution in [-0.2, 0) is 11.3 Å². The molecular formula is C11H17N3O2. The van der Waals surface area contributed by atoms with Gasteiger partial charge in [-0.05, 0) is 25.9 Å². The van der Waals surface area contributed by atoms with Gasteiger partial charge in [0.1, 0.15) is 0 Å². The minimum Gasteiger partial charge on any atom is -0.359 e. The third-order valence-corrected chi connectivity index (χ3v) is 3.05. The molecule has 0 radical (unpaired) electrons. The number of hydrogen-bond donors (Lipinski definition) is 2. The summed E-state index contributed by atoms with van der Waals surface area (Å²) in [5.74, 6) is 1.31. The van der Waals surface area contributed by atoms with Crippen molar-refractivity contribution in [1.29, 1.82) is 0 Å². The van der Waals surface area contributed by atoms with E-state index in [1.165, 1.54) is 0 Å². The molecule has 1 aromatic rings. The Labute approximate surface area is 94.6 Å². The smallest absolute Gasteiger partial charge is 0.223 e. The molecule has 2 N–H and O–H groups in total. The van der Waals surface area contributed by atoms with E-state index in [0.717, 1.165) is 18.8 Å². The second kappa shape index (κ2) is 4.65. The van der Waals surface area contributed by atoms with Crippen molar-refractivity contribution in [3.63, 3.8) is 0 Å². The monoisotopic (exact) mass is 223 g/mol. The van der Waals surface area contributed by atoms with Crippen molar-refractivity contribution in [2.24, 2.45) is 11.8 Å². The summed E-state index contributed by atoms with van der Waals surface area (Å²) in [6.07, 6.45) is 0. The average Bonchev–Trinajstić information content (AvgIpc) is 2.58. The highest BCUT2D eigenvalue weighted by molar-refractivity contribution is 5.78. The minimum atomic E-state index is 0.0604. The summed E-state index contributed by atoms with van der Waals surface area (Å²) in [6.45, 7) is 6.13. The molecule has 88 valence electrons. The highest BCUT2D eigenvalue weighted by Crippen LogP contribution is 2.15. The Hall–Kier alpha value is -1.36. The van der Waals surface area contributed by atoms with E-state index < -0.39 is 0 Å². The molecule has 0 aromatic carbocycles. The van der Waals surface area contributed by atoms with E-state index in [0.29, 0.717) is 18.2 Å². The zero-order valence-corrected chi connectivity index (χ0v) is 9.62. The third-order valence-electron chi connectivity index (χ3n) is 3.05. The first kappa shape index (κ1) is 11.1. The summed E-state index contributed by atoms with van der Waals surface area (Å²) in [5.41, 5.74) is 0.834. The number of aromatic nitrogens is 1. The van der Waals surface area contributed by atoms with E-state index in [1.54, 1.807) is 0 Å². The Morgan fingerprint density at radius 3 is 3.00 bits per heavy atom. The number of carbonyl (C=O) groups is 1. The number of hydrogen-bond acceptors (Lipinski definition) is 4. The van der Waals surface area contributed by atoms with Gasteiger partial charge >= 0.3 is 0 Å². The van der Waals surface area contributed by atoms with Crippen LogP contribution in [0.25, 0.3) is 0 Å². The van der Waals surface area contributed by atoms with E-state index in [-0.39, 0.29) is 11.8 Å². The number of carbonyl (C=O) groups excluding carboxylic acids is 1. The lowest BCUT2D eigenvalue weighted by Gasteiger charge is -2.31. The number of nitrogens with zero attached hydrogens (tertiary/aromatic N) is 1. The predicted molar refractivity (Wildman–Crippen MR) is 58.6 cm³/mol. The fourth-order valence-electron chi connectivity index (χ4n) is 1.71. The zero-order valence-electron chi connectivity index (χ0n) is 9.62. The molecule has 5 heteroatoms. The maximum atomic E-state index is 11.8. The summed E-state index contributed by atoms with van der Waals surface area (Å²) in [7, 11) is 0. The van der Waals surface area contributed by atoms with Crippen LogP contribution in [0.3, 0.4) is 0 Å². The van der Waals surface area contributed by atoms with E-state index in [4.69, 9.17) is 4.52 Å². The van der Waals surface area contributed by atoms with Crippen molar-refractivity contribution in [3.8, 4) is 0 Å². The van der Waals surface area contributed by atoms with Gasteiger partial charge in [0.15, 0.2) is 5.76 Å².